The maximum Gasteiger partial charge on any atom is 0.177 e. The molecule has 0 saturated carbocycles. The Morgan fingerprint density at radius 3 is 2.45 bits per heavy atom. The van der Waals surface area contributed by atoms with Gasteiger partial charge in [0.05, 0.1) is 19.1 Å². The first-order valence-corrected chi connectivity index (χ1v) is 10.4. The highest BCUT2D eigenvalue weighted by Crippen LogP contribution is 2.32. The van der Waals surface area contributed by atoms with Gasteiger partial charge in [0.15, 0.2) is 23.2 Å². The highest BCUT2D eigenvalue weighted by atomic mass is 16.6. The zero-order valence-electron chi connectivity index (χ0n) is 17.4. The number of hydrazone groups is 1. The molecule has 1 unspecified atom stereocenters. The fourth-order valence-electron chi connectivity index (χ4n) is 3.79. The highest BCUT2D eigenvalue weighted by Gasteiger charge is 2.44. The maximum atomic E-state index is 10.3. The Hall–Kier alpha value is -3.70. The van der Waals surface area contributed by atoms with E-state index in [1.54, 1.807) is 6.21 Å². The van der Waals surface area contributed by atoms with Gasteiger partial charge in [0, 0.05) is 0 Å². The molecule has 33 heavy (non-hydrogen) atoms. The van der Waals surface area contributed by atoms with E-state index in [1.165, 1.54) is 17.2 Å². The fourth-order valence-corrected chi connectivity index (χ4v) is 3.79. The van der Waals surface area contributed by atoms with Crippen LogP contribution in [-0.4, -0.2) is 66.0 Å². The van der Waals surface area contributed by atoms with E-state index < -0.39 is 31.1 Å². The average molecular weight is 446 g/mol. The van der Waals surface area contributed by atoms with E-state index in [2.05, 4.69) is 37.6 Å². The van der Waals surface area contributed by atoms with E-state index in [0.29, 0.717) is 17.0 Å². The van der Waals surface area contributed by atoms with E-state index in [0.717, 1.165) is 16.7 Å². The average Bonchev–Trinajstić information content (AvgIpc) is 3.41. The summed E-state index contributed by atoms with van der Waals surface area (Å²) >= 11 is 0. The molecule has 0 amide bonds. The number of rotatable bonds is 6. The zero-order valence-corrected chi connectivity index (χ0v) is 17.4. The van der Waals surface area contributed by atoms with Gasteiger partial charge in [-0.1, -0.05) is 54.6 Å². The smallest absolute Gasteiger partial charge is 0.177 e. The lowest BCUT2D eigenvalue weighted by molar-refractivity contribution is -0.0511. The number of anilines is 1. The van der Waals surface area contributed by atoms with Gasteiger partial charge in [0.1, 0.15) is 24.6 Å². The summed E-state index contributed by atoms with van der Waals surface area (Å²) in [4.78, 5) is 12.7. The van der Waals surface area contributed by atoms with Gasteiger partial charge in [0.2, 0.25) is 0 Å². The summed E-state index contributed by atoms with van der Waals surface area (Å²) in [7, 11) is 0. The largest absolute Gasteiger partial charge is 0.394 e. The molecule has 0 aliphatic carbocycles. The monoisotopic (exact) mass is 446 g/mol. The number of ether oxygens (including phenoxy) is 1. The van der Waals surface area contributed by atoms with Gasteiger partial charge in [-0.2, -0.15) is 5.10 Å². The number of hydrogen-bond donors (Lipinski definition) is 4. The number of nitrogens with one attached hydrogen (secondary N) is 1. The predicted molar refractivity (Wildman–Crippen MR) is 121 cm³/mol. The van der Waals surface area contributed by atoms with Crippen LogP contribution in [0.4, 0.5) is 5.82 Å². The number of benzene rings is 2. The summed E-state index contributed by atoms with van der Waals surface area (Å²) in [6.07, 6.45) is 0.186. The van der Waals surface area contributed by atoms with Gasteiger partial charge >= 0.3 is 0 Å². The summed E-state index contributed by atoms with van der Waals surface area (Å²) in [6.45, 7) is -0.413. The highest BCUT2D eigenvalue weighted by molar-refractivity contribution is 5.85. The minimum Gasteiger partial charge on any atom is -0.394 e. The van der Waals surface area contributed by atoms with Gasteiger partial charge in [-0.05, 0) is 16.7 Å². The Labute approximate surface area is 188 Å². The summed E-state index contributed by atoms with van der Waals surface area (Å²) in [5, 5.41) is 33.9. The Morgan fingerprint density at radius 2 is 1.73 bits per heavy atom. The van der Waals surface area contributed by atoms with Gasteiger partial charge in [0.25, 0.3) is 0 Å². The molecule has 3 heterocycles. The van der Waals surface area contributed by atoms with Crippen LogP contribution in [0.15, 0.2) is 72.4 Å². The number of aromatic nitrogens is 4. The topological polar surface area (TPSA) is 138 Å². The van der Waals surface area contributed by atoms with Crippen LogP contribution >= 0.6 is 0 Å². The third-order valence-electron chi connectivity index (χ3n) is 5.55. The van der Waals surface area contributed by atoms with Crippen LogP contribution in [-0.2, 0) is 4.74 Å². The lowest BCUT2D eigenvalue weighted by Crippen LogP contribution is -2.33. The second-order valence-electron chi connectivity index (χ2n) is 7.63. The van der Waals surface area contributed by atoms with Crippen LogP contribution in [0.25, 0.3) is 22.3 Å². The molecular weight excluding hydrogens is 424 g/mol. The van der Waals surface area contributed by atoms with Crippen LogP contribution in [0.5, 0.6) is 0 Å². The van der Waals surface area contributed by atoms with Crippen LogP contribution in [0, 0.1) is 0 Å². The molecule has 4 atom stereocenters. The summed E-state index contributed by atoms with van der Waals surface area (Å²) in [5.41, 5.74) is 6.86. The third-order valence-corrected chi connectivity index (χ3v) is 5.55. The van der Waals surface area contributed by atoms with E-state index in [4.69, 9.17) is 4.74 Å². The van der Waals surface area contributed by atoms with Crippen molar-refractivity contribution in [3.63, 3.8) is 0 Å². The van der Waals surface area contributed by atoms with Crippen LogP contribution in [0.3, 0.4) is 0 Å². The molecule has 10 heteroatoms. The third kappa shape index (κ3) is 4.08. The standard InChI is InChI=1S/C23H22N6O4/c30-11-17-19(31)20(32)23(33-17)29-13-26-18-21(24-12-25-22(18)29)28-27-10-14-6-8-16(9-7-14)15-4-2-1-3-5-15/h1-10,12-13,17,19-20,23,30-32H,11H2,(H,24,25,28)/b27-10+/t17-,19+,20?,23-/m1/s1. The molecule has 5 rings (SSSR count). The van der Waals surface area contributed by atoms with Crippen molar-refractivity contribution < 1.29 is 20.1 Å². The van der Waals surface area contributed by atoms with Crippen LogP contribution in [0.2, 0.25) is 0 Å². The first kappa shape index (κ1) is 21.2. The van der Waals surface area contributed by atoms with Crippen molar-refractivity contribution >= 4 is 23.2 Å². The predicted octanol–water partition coefficient (Wildman–Crippen LogP) is 1.55. The number of aliphatic hydroxyl groups excluding tert-OH is 3. The molecule has 168 valence electrons. The molecule has 1 saturated heterocycles. The van der Waals surface area contributed by atoms with Crippen molar-refractivity contribution in [2.75, 3.05) is 12.0 Å². The summed E-state index contributed by atoms with van der Waals surface area (Å²) < 4.78 is 7.07. The second kappa shape index (κ2) is 9.04. The first-order valence-electron chi connectivity index (χ1n) is 10.4. The lowest BCUT2D eigenvalue weighted by Gasteiger charge is -2.16. The van der Waals surface area contributed by atoms with E-state index in [9.17, 15) is 15.3 Å². The van der Waals surface area contributed by atoms with Crippen molar-refractivity contribution in [3.05, 3.63) is 72.8 Å². The van der Waals surface area contributed by atoms with Crippen molar-refractivity contribution in [3.8, 4) is 11.1 Å². The van der Waals surface area contributed by atoms with E-state index >= 15 is 0 Å². The van der Waals surface area contributed by atoms with Crippen LogP contribution in [0.1, 0.15) is 11.8 Å². The van der Waals surface area contributed by atoms with Crippen molar-refractivity contribution in [2.45, 2.75) is 24.5 Å². The number of imidazole rings is 1. The molecule has 0 radical (unpaired) electrons. The van der Waals surface area contributed by atoms with Gasteiger partial charge < -0.3 is 20.1 Å². The van der Waals surface area contributed by atoms with Crippen molar-refractivity contribution in [1.29, 1.82) is 0 Å². The fraction of sp³-hybridized carbons (Fsp3) is 0.217. The molecule has 4 N–H and O–H groups in total. The Bertz CT molecular complexity index is 1260. The van der Waals surface area contributed by atoms with Crippen molar-refractivity contribution in [1.82, 2.24) is 19.5 Å². The Morgan fingerprint density at radius 1 is 0.970 bits per heavy atom. The second-order valence-corrected chi connectivity index (χ2v) is 7.63. The van der Waals surface area contributed by atoms with E-state index in [1.807, 2.05) is 42.5 Å². The maximum absolute atomic E-state index is 10.3. The molecule has 1 aliphatic heterocycles. The molecular formula is C23H22N6O4. The van der Waals surface area contributed by atoms with Crippen LogP contribution < -0.4 is 5.43 Å². The molecule has 2 aromatic heterocycles. The molecule has 0 spiro atoms. The van der Waals surface area contributed by atoms with Gasteiger partial charge in [-0.25, -0.2) is 15.0 Å². The number of nitrogens with zero attached hydrogens (tertiary/aromatic N) is 5. The minimum atomic E-state index is -1.23. The number of hydrogen-bond acceptors (Lipinski definition) is 9. The number of fused-ring (bicyclic) bond motifs is 1. The molecule has 1 aliphatic rings. The van der Waals surface area contributed by atoms with E-state index in [-0.39, 0.29) is 0 Å². The molecule has 10 nitrogen and oxygen atoms in total. The Kier molecular flexibility index (Phi) is 5.80. The van der Waals surface area contributed by atoms with Crippen molar-refractivity contribution in [2.24, 2.45) is 5.10 Å². The van der Waals surface area contributed by atoms with Gasteiger partial charge in [-0.15, -0.1) is 0 Å². The molecule has 4 aromatic rings. The summed E-state index contributed by atoms with van der Waals surface area (Å²) in [6, 6.07) is 18.1. The minimum absolute atomic E-state index is 0.377. The SMILES string of the molecule is OC[C@H]1O[C@@H](n2cnc3c(N/N=C/c4ccc(-c5ccccc5)cc4)ncnc32)C(O)[C@H]1O. The molecule has 2 aromatic carbocycles. The van der Waals surface area contributed by atoms with Gasteiger partial charge in [-0.3, -0.25) is 9.99 Å². The molecule has 0 bridgehead atoms. The normalized spacial score (nSPS) is 22.9. The first-order chi connectivity index (χ1) is 16.2. The quantitative estimate of drug-likeness (QED) is 0.259. The lowest BCUT2D eigenvalue weighted by atomic mass is 10.0. The zero-order chi connectivity index (χ0) is 22.8. The molecule has 1 fully saturated rings. The summed E-state index contributed by atoms with van der Waals surface area (Å²) in [5.74, 6) is 0.377. The Balaban J connectivity index is 1.32. The number of aliphatic hydroxyl groups is 3.